The third-order valence-electron chi connectivity index (χ3n) is 3.27. The summed E-state index contributed by atoms with van der Waals surface area (Å²) in [6.45, 7) is 0. The van der Waals surface area contributed by atoms with Gasteiger partial charge >= 0.3 is 5.97 Å². The summed E-state index contributed by atoms with van der Waals surface area (Å²) in [5, 5.41) is 1.76. The van der Waals surface area contributed by atoms with Gasteiger partial charge in [-0.1, -0.05) is 42.5 Å². The summed E-state index contributed by atoms with van der Waals surface area (Å²) >= 11 is 0. The molecule has 3 heteroatoms. The van der Waals surface area contributed by atoms with E-state index in [0.29, 0.717) is 11.3 Å². The van der Waals surface area contributed by atoms with Crippen LogP contribution in [0.5, 0.6) is 11.5 Å². The zero-order valence-corrected chi connectivity index (χ0v) is 11.6. The van der Waals surface area contributed by atoms with Gasteiger partial charge in [-0.15, -0.1) is 0 Å². The number of hydrogen-bond donors (Lipinski definition) is 0. The molecule has 0 heterocycles. The van der Waals surface area contributed by atoms with Crippen molar-refractivity contribution < 1.29 is 14.3 Å². The third-order valence-corrected chi connectivity index (χ3v) is 3.27. The largest absolute Gasteiger partial charge is 0.496 e. The van der Waals surface area contributed by atoms with Crippen LogP contribution in [0.25, 0.3) is 10.8 Å². The fraction of sp³-hybridized carbons (Fsp3) is 0.0556. The molecule has 104 valence electrons. The molecule has 3 aromatic rings. The van der Waals surface area contributed by atoms with Crippen LogP contribution >= 0.6 is 0 Å². The lowest BCUT2D eigenvalue weighted by atomic mass is 10.1. The summed E-state index contributed by atoms with van der Waals surface area (Å²) in [5.41, 5.74) is 0.525. The first kappa shape index (κ1) is 13.2. The summed E-state index contributed by atoms with van der Waals surface area (Å²) in [4.78, 5) is 12.2. The number of fused-ring (bicyclic) bond motifs is 1. The zero-order valence-electron chi connectivity index (χ0n) is 11.6. The average molecular weight is 278 g/mol. The van der Waals surface area contributed by atoms with Crippen molar-refractivity contribution in [3.8, 4) is 11.5 Å². The van der Waals surface area contributed by atoms with Gasteiger partial charge in [-0.25, -0.2) is 4.79 Å². The fourth-order valence-corrected chi connectivity index (χ4v) is 2.25. The van der Waals surface area contributed by atoms with Gasteiger partial charge in [-0.3, -0.25) is 0 Å². The molecule has 3 nitrogen and oxygen atoms in total. The van der Waals surface area contributed by atoms with Gasteiger partial charge in [0.05, 0.1) is 12.7 Å². The summed E-state index contributed by atoms with van der Waals surface area (Å²) < 4.78 is 10.9. The van der Waals surface area contributed by atoms with Crippen molar-refractivity contribution in [2.75, 3.05) is 7.11 Å². The highest BCUT2D eigenvalue weighted by atomic mass is 16.5. The van der Waals surface area contributed by atoms with Gasteiger partial charge in [0.25, 0.3) is 0 Å². The van der Waals surface area contributed by atoms with E-state index < -0.39 is 0 Å². The minimum absolute atomic E-state index is 0.370. The average Bonchev–Trinajstić information content (AvgIpc) is 2.55. The van der Waals surface area contributed by atoms with Gasteiger partial charge in [0.1, 0.15) is 11.5 Å². The van der Waals surface area contributed by atoms with Crippen molar-refractivity contribution in [2.24, 2.45) is 0 Å². The SMILES string of the molecule is COc1cccc2c(OC(=O)c3ccccc3)cccc12. The highest BCUT2D eigenvalue weighted by molar-refractivity contribution is 5.97. The smallest absolute Gasteiger partial charge is 0.343 e. The van der Waals surface area contributed by atoms with E-state index in [4.69, 9.17) is 9.47 Å². The number of esters is 1. The summed E-state index contributed by atoms with van der Waals surface area (Å²) in [5.74, 6) is 0.913. The molecule has 0 fully saturated rings. The highest BCUT2D eigenvalue weighted by Crippen LogP contribution is 2.32. The predicted molar refractivity (Wildman–Crippen MR) is 81.9 cm³/mol. The van der Waals surface area contributed by atoms with Crippen LogP contribution in [0.1, 0.15) is 10.4 Å². The van der Waals surface area contributed by atoms with Gasteiger partial charge in [-0.05, 0) is 24.3 Å². The second-order valence-electron chi connectivity index (χ2n) is 4.57. The van der Waals surface area contributed by atoms with Crippen LogP contribution in [0, 0.1) is 0 Å². The third kappa shape index (κ3) is 2.58. The number of rotatable bonds is 3. The van der Waals surface area contributed by atoms with Crippen molar-refractivity contribution in [1.29, 1.82) is 0 Å². The van der Waals surface area contributed by atoms with Gasteiger partial charge in [0.15, 0.2) is 0 Å². The van der Waals surface area contributed by atoms with E-state index in [1.807, 2.05) is 48.5 Å². The van der Waals surface area contributed by atoms with Crippen LogP contribution in [0.4, 0.5) is 0 Å². The maximum atomic E-state index is 12.2. The number of ether oxygens (including phenoxy) is 2. The van der Waals surface area contributed by atoms with E-state index in [1.165, 1.54) is 0 Å². The van der Waals surface area contributed by atoms with Crippen LogP contribution in [0.2, 0.25) is 0 Å². The number of carbonyl (C=O) groups excluding carboxylic acids is 1. The van der Waals surface area contributed by atoms with Crippen LogP contribution in [-0.2, 0) is 0 Å². The second kappa shape index (κ2) is 5.67. The lowest BCUT2D eigenvalue weighted by Gasteiger charge is -2.10. The van der Waals surface area contributed by atoms with Crippen LogP contribution < -0.4 is 9.47 Å². The predicted octanol–water partition coefficient (Wildman–Crippen LogP) is 4.07. The first-order valence-corrected chi connectivity index (χ1v) is 6.62. The van der Waals surface area contributed by atoms with Crippen molar-refractivity contribution in [3.63, 3.8) is 0 Å². The van der Waals surface area contributed by atoms with Crippen LogP contribution in [0.3, 0.4) is 0 Å². The molecule has 3 aromatic carbocycles. The Morgan fingerprint density at radius 1 is 0.762 bits per heavy atom. The van der Waals surface area contributed by atoms with E-state index >= 15 is 0 Å². The van der Waals surface area contributed by atoms with E-state index in [0.717, 1.165) is 16.5 Å². The lowest BCUT2D eigenvalue weighted by molar-refractivity contribution is 0.0737. The molecule has 21 heavy (non-hydrogen) atoms. The number of benzene rings is 3. The van der Waals surface area contributed by atoms with Gasteiger partial charge in [-0.2, -0.15) is 0 Å². The number of hydrogen-bond acceptors (Lipinski definition) is 3. The fourth-order valence-electron chi connectivity index (χ4n) is 2.25. The molecule has 0 aliphatic rings. The Balaban J connectivity index is 2.00. The maximum absolute atomic E-state index is 12.2. The zero-order chi connectivity index (χ0) is 14.7. The summed E-state index contributed by atoms with van der Waals surface area (Å²) in [7, 11) is 1.62. The Morgan fingerprint density at radius 2 is 1.38 bits per heavy atom. The Hall–Kier alpha value is -2.81. The summed E-state index contributed by atoms with van der Waals surface area (Å²) in [6, 6.07) is 20.2. The van der Waals surface area contributed by atoms with E-state index in [9.17, 15) is 4.79 Å². The monoisotopic (exact) mass is 278 g/mol. The normalized spacial score (nSPS) is 10.3. The molecule has 0 saturated carbocycles. The van der Waals surface area contributed by atoms with Crippen LogP contribution in [-0.4, -0.2) is 13.1 Å². The van der Waals surface area contributed by atoms with Crippen molar-refractivity contribution in [1.82, 2.24) is 0 Å². The molecular formula is C18H14O3. The highest BCUT2D eigenvalue weighted by Gasteiger charge is 2.11. The lowest BCUT2D eigenvalue weighted by Crippen LogP contribution is -2.08. The van der Waals surface area contributed by atoms with Crippen molar-refractivity contribution in [2.45, 2.75) is 0 Å². The summed E-state index contributed by atoms with van der Waals surface area (Å²) in [6.07, 6.45) is 0. The molecule has 0 radical (unpaired) electrons. The molecule has 0 N–H and O–H groups in total. The Kier molecular flexibility index (Phi) is 3.56. The molecule has 0 spiro atoms. The topological polar surface area (TPSA) is 35.5 Å². The van der Waals surface area contributed by atoms with Gasteiger partial charge < -0.3 is 9.47 Å². The molecule has 0 bridgehead atoms. The minimum Gasteiger partial charge on any atom is -0.496 e. The standard InChI is InChI=1S/C18H14O3/c1-20-16-11-5-10-15-14(16)9-6-12-17(15)21-18(19)13-7-3-2-4-8-13/h2-12H,1H3. The number of methoxy groups -OCH3 is 1. The van der Waals surface area contributed by atoms with E-state index in [2.05, 4.69) is 0 Å². The molecule has 0 unspecified atom stereocenters. The maximum Gasteiger partial charge on any atom is 0.343 e. The first-order chi connectivity index (χ1) is 10.3. The molecule has 0 aliphatic heterocycles. The molecule has 0 amide bonds. The van der Waals surface area contributed by atoms with Crippen LogP contribution in [0.15, 0.2) is 66.7 Å². The molecule has 0 atom stereocenters. The number of carbonyl (C=O) groups is 1. The molecular weight excluding hydrogens is 264 g/mol. The van der Waals surface area contributed by atoms with Crippen molar-refractivity contribution >= 4 is 16.7 Å². The Labute approximate surface area is 122 Å². The molecule has 0 aliphatic carbocycles. The van der Waals surface area contributed by atoms with Gasteiger partial charge in [0.2, 0.25) is 0 Å². The quantitative estimate of drug-likeness (QED) is 0.535. The Bertz CT molecular complexity index is 779. The molecule has 0 aromatic heterocycles. The van der Waals surface area contributed by atoms with E-state index in [1.54, 1.807) is 25.3 Å². The van der Waals surface area contributed by atoms with E-state index in [-0.39, 0.29) is 5.97 Å². The second-order valence-corrected chi connectivity index (χ2v) is 4.57. The Morgan fingerprint density at radius 3 is 2.05 bits per heavy atom. The minimum atomic E-state index is -0.370. The van der Waals surface area contributed by atoms with Crippen molar-refractivity contribution in [3.05, 3.63) is 72.3 Å². The van der Waals surface area contributed by atoms with Gasteiger partial charge in [0, 0.05) is 10.8 Å². The first-order valence-electron chi connectivity index (χ1n) is 6.62. The molecule has 3 rings (SSSR count). The molecule has 0 saturated heterocycles.